The lowest BCUT2D eigenvalue weighted by Crippen LogP contribution is -2.44. The van der Waals surface area contributed by atoms with Crippen LogP contribution in [0.25, 0.3) is 0 Å². The Morgan fingerprint density at radius 1 is 1.15 bits per heavy atom. The molecule has 2 heterocycles. The van der Waals surface area contributed by atoms with Gasteiger partial charge in [0.25, 0.3) is 0 Å². The highest BCUT2D eigenvalue weighted by Gasteiger charge is 2.33. The van der Waals surface area contributed by atoms with Crippen LogP contribution in [0.4, 0.5) is 18.9 Å². The molecule has 26 heavy (non-hydrogen) atoms. The summed E-state index contributed by atoms with van der Waals surface area (Å²) < 4.78 is 42.3. The molecule has 0 spiro atoms. The van der Waals surface area contributed by atoms with Crippen LogP contribution in [-0.4, -0.2) is 16.7 Å². The van der Waals surface area contributed by atoms with Crippen LogP contribution in [0.2, 0.25) is 0 Å². The molecule has 0 radical (unpaired) electrons. The summed E-state index contributed by atoms with van der Waals surface area (Å²) in [5.74, 6) is 0. The van der Waals surface area contributed by atoms with E-state index in [-0.39, 0.29) is 5.54 Å². The van der Waals surface area contributed by atoms with Gasteiger partial charge in [-0.15, -0.1) is 0 Å². The van der Waals surface area contributed by atoms with Crippen molar-refractivity contribution < 1.29 is 13.2 Å². The Hall–Kier alpha value is -1.43. The number of rotatable bonds is 2. The molecule has 1 aromatic heterocycles. The van der Waals surface area contributed by atoms with Crippen LogP contribution in [0.5, 0.6) is 0 Å². The van der Waals surface area contributed by atoms with Crippen LogP contribution in [-0.2, 0) is 19.1 Å². The van der Waals surface area contributed by atoms with E-state index in [9.17, 15) is 13.2 Å². The number of benzene rings is 1. The molecule has 142 valence electrons. The molecule has 3 rings (SSSR count). The quantitative estimate of drug-likeness (QED) is 0.554. The third-order valence-electron chi connectivity index (χ3n) is 5.00. The van der Waals surface area contributed by atoms with E-state index in [0.29, 0.717) is 12.1 Å². The lowest BCUT2D eigenvalue weighted by Gasteiger charge is -2.41. The fraction of sp³-hybridized carbons (Fsp3) is 0.500. The first-order chi connectivity index (χ1) is 12.0. The highest BCUT2D eigenvalue weighted by molar-refractivity contribution is 9.10. The molecule has 1 aliphatic rings. The van der Waals surface area contributed by atoms with Crippen molar-refractivity contribution in [1.29, 1.82) is 0 Å². The Kier molecular flexibility index (Phi) is 4.93. The van der Waals surface area contributed by atoms with Crippen molar-refractivity contribution >= 4 is 21.6 Å². The molecule has 6 heteroatoms. The fourth-order valence-corrected chi connectivity index (χ4v) is 4.36. The maximum Gasteiger partial charge on any atom is 0.416 e. The lowest BCUT2D eigenvalue weighted by atomic mass is 9.99. The van der Waals surface area contributed by atoms with Gasteiger partial charge in [-0.05, 0) is 74.2 Å². The number of hydrogen-bond acceptors (Lipinski definition) is 1. The van der Waals surface area contributed by atoms with E-state index in [4.69, 9.17) is 0 Å². The molecule has 0 saturated carbocycles. The zero-order valence-corrected chi connectivity index (χ0v) is 17.1. The number of aromatic nitrogens is 1. The van der Waals surface area contributed by atoms with E-state index < -0.39 is 11.7 Å². The van der Waals surface area contributed by atoms with Gasteiger partial charge in [-0.3, -0.25) is 0 Å². The molecule has 0 N–H and O–H groups in total. The second kappa shape index (κ2) is 6.63. The Morgan fingerprint density at radius 3 is 2.46 bits per heavy atom. The first kappa shape index (κ1) is 19.3. The normalized spacial score (nSPS) is 15.3. The fourth-order valence-electron chi connectivity index (χ4n) is 3.70. The summed E-state index contributed by atoms with van der Waals surface area (Å²) in [6.07, 6.45) is -2.33. The average Bonchev–Trinajstić information content (AvgIpc) is 2.79. The predicted octanol–water partition coefficient (Wildman–Crippen LogP) is 6.18. The molecular formula is C20H24BrF3N2. The number of alkyl halides is 3. The number of fused-ring (bicyclic) bond motifs is 1. The molecule has 1 aliphatic heterocycles. The third kappa shape index (κ3) is 3.53. The highest BCUT2D eigenvalue weighted by Crippen LogP contribution is 2.42. The number of nitrogens with zero attached hydrogens (tertiary/aromatic N) is 2. The molecule has 0 unspecified atom stereocenters. The molecule has 0 atom stereocenters. The third-order valence-corrected chi connectivity index (χ3v) is 5.95. The Bertz CT molecular complexity index is 816. The van der Waals surface area contributed by atoms with Crippen molar-refractivity contribution in [2.24, 2.45) is 0 Å². The Balaban J connectivity index is 2.03. The molecular weight excluding hydrogens is 405 g/mol. The van der Waals surface area contributed by atoms with Gasteiger partial charge in [0.2, 0.25) is 0 Å². The minimum Gasteiger partial charge on any atom is -0.364 e. The number of anilines is 1. The molecule has 0 fully saturated rings. The van der Waals surface area contributed by atoms with Crippen LogP contribution < -0.4 is 4.90 Å². The van der Waals surface area contributed by atoms with Gasteiger partial charge in [-0.2, -0.15) is 13.2 Å². The number of halogens is 4. The van der Waals surface area contributed by atoms with Crippen molar-refractivity contribution in [2.75, 3.05) is 11.4 Å². The zero-order chi connectivity index (χ0) is 19.3. The monoisotopic (exact) mass is 428 g/mol. The minimum atomic E-state index is -4.31. The van der Waals surface area contributed by atoms with Gasteiger partial charge < -0.3 is 9.47 Å². The first-order valence-electron chi connectivity index (χ1n) is 8.81. The van der Waals surface area contributed by atoms with Crippen molar-refractivity contribution in [3.05, 3.63) is 51.3 Å². The summed E-state index contributed by atoms with van der Waals surface area (Å²) in [4.78, 5) is 2.39. The molecule has 2 nitrogen and oxygen atoms in total. The maximum atomic E-state index is 13.0. The average molecular weight is 429 g/mol. The standard InChI is InChI=1S/C20H24BrF3N2/c1-13-17(21)18-16(9-6-10-26(18)19(2,3)4)25(13)12-14-7-5-8-15(11-14)20(22,23)24/h5,7-8,11H,6,9-10,12H2,1-4H3. The second-order valence-corrected chi connectivity index (χ2v) is 8.70. The van der Waals surface area contributed by atoms with E-state index in [0.717, 1.165) is 35.6 Å². The molecule has 0 amide bonds. The Morgan fingerprint density at radius 2 is 1.85 bits per heavy atom. The van der Waals surface area contributed by atoms with Crippen molar-refractivity contribution in [3.63, 3.8) is 0 Å². The summed E-state index contributed by atoms with van der Waals surface area (Å²) in [6.45, 7) is 10.0. The van der Waals surface area contributed by atoms with Crippen LogP contribution >= 0.6 is 15.9 Å². The second-order valence-electron chi connectivity index (χ2n) is 7.90. The van der Waals surface area contributed by atoms with Crippen molar-refractivity contribution in [1.82, 2.24) is 4.57 Å². The van der Waals surface area contributed by atoms with E-state index >= 15 is 0 Å². The number of hydrogen-bond donors (Lipinski definition) is 0. The summed E-state index contributed by atoms with van der Waals surface area (Å²) in [6, 6.07) is 5.63. The summed E-state index contributed by atoms with van der Waals surface area (Å²) in [7, 11) is 0. The first-order valence-corrected chi connectivity index (χ1v) is 9.60. The van der Waals surface area contributed by atoms with E-state index in [1.165, 1.54) is 23.5 Å². The highest BCUT2D eigenvalue weighted by atomic mass is 79.9. The summed E-state index contributed by atoms with van der Waals surface area (Å²) >= 11 is 3.74. The van der Waals surface area contributed by atoms with Crippen LogP contribution in [0, 0.1) is 6.92 Å². The smallest absolute Gasteiger partial charge is 0.364 e. The molecule has 0 saturated heterocycles. The topological polar surface area (TPSA) is 8.17 Å². The van der Waals surface area contributed by atoms with Gasteiger partial charge in [0.05, 0.1) is 15.7 Å². The molecule has 0 aliphatic carbocycles. The predicted molar refractivity (Wildman–Crippen MR) is 103 cm³/mol. The molecule has 0 bridgehead atoms. The lowest BCUT2D eigenvalue weighted by molar-refractivity contribution is -0.137. The van der Waals surface area contributed by atoms with Gasteiger partial charge in [0, 0.05) is 30.0 Å². The van der Waals surface area contributed by atoms with Crippen molar-refractivity contribution in [3.8, 4) is 0 Å². The zero-order valence-electron chi connectivity index (χ0n) is 15.5. The summed E-state index contributed by atoms with van der Waals surface area (Å²) in [5.41, 5.74) is 3.52. The van der Waals surface area contributed by atoms with Crippen LogP contribution in [0.15, 0.2) is 28.7 Å². The van der Waals surface area contributed by atoms with E-state index in [1.807, 2.05) is 6.92 Å². The molecule has 2 aromatic rings. The van der Waals surface area contributed by atoms with Crippen LogP contribution in [0.3, 0.4) is 0 Å². The van der Waals surface area contributed by atoms with Gasteiger partial charge in [-0.25, -0.2) is 0 Å². The Labute approximate surface area is 161 Å². The van der Waals surface area contributed by atoms with Crippen molar-refractivity contribution in [2.45, 2.75) is 58.8 Å². The molecule has 1 aromatic carbocycles. The largest absolute Gasteiger partial charge is 0.416 e. The van der Waals surface area contributed by atoms with Gasteiger partial charge in [0.1, 0.15) is 0 Å². The van der Waals surface area contributed by atoms with Crippen LogP contribution in [0.1, 0.15) is 49.7 Å². The van der Waals surface area contributed by atoms with Gasteiger partial charge >= 0.3 is 6.18 Å². The SMILES string of the molecule is Cc1c(Br)c2c(n1Cc1cccc(C(F)(F)F)c1)CCCN2C(C)(C)C. The minimum absolute atomic E-state index is 0.00743. The van der Waals surface area contributed by atoms with Gasteiger partial charge in [-0.1, -0.05) is 12.1 Å². The van der Waals surface area contributed by atoms with E-state index in [1.54, 1.807) is 6.07 Å². The summed E-state index contributed by atoms with van der Waals surface area (Å²) in [5, 5.41) is 0. The van der Waals surface area contributed by atoms with E-state index in [2.05, 4.69) is 46.2 Å². The maximum absolute atomic E-state index is 13.0. The van der Waals surface area contributed by atoms with Gasteiger partial charge in [0.15, 0.2) is 0 Å².